The molecule has 0 saturated heterocycles. The molecule has 4 nitrogen and oxygen atoms in total. The molecule has 0 aromatic carbocycles. The van der Waals surface area contributed by atoms with Crippen molar-refractivity contribution in [3.05, 3.63) is 22.4 Å². The number of aliphatic hydroxyl groups excluding tert-OH is 1. The van der Waals surface area contributed by atoms with E-state index in [1.54, 1.807) is 6.92 Å². The fraction of sp³-hybridized carbons (Fsp3) is 0.444. The lowest BCUT2D eigenvalue weighted by molar-refractivity contribution is -0.122. The van der Waals surface area contributed by atoms with E-state index in [0.29, 0.717) is 0 Å². The minimum Gasteiger partial charge on any atom is -0.392 e. The van der Waals surface area contributed by atoms with Crippen molar-refractivity contribution in [2.45, 2.75) is 19.1 Å². The summed E-state index contributed by atoms with van der Waals surface area (Å²) in [4.78, 5) is 12.2. The molecule has 2 atom stereocenters. The Balaban J connectivity index is 2.45. The maximum Gasteiger partial charge on any atom is 0.242 e. The van der Waals surface area contributed by atoms with E-state index >= 15 is 0 Å². The number of hydrogen-bond donors (Lipinski definition) is 3. The Bertz CT molecular complexity index is 285. The normalized spacial score (nSPS) is 14.8. The molecule has 1 amide bonds. The van der Waals surface area contributed by atoms with Gasteiger partial charge in [0.05, 0.1) is 6.10 Å². The predicted octanol–water partition coefficient (Wildman–Crippen LogP) is 0.245. The number of rotatable bonds is 4. The number of thiophene rings is 1. The monoisotopic (exact) mass is 214 g/mol. The second kappa shape index (κ2) is 5.09. The molecule has 78 valence electrons. The second-order valence-electron chi connectivity index (χ2n) is 3.09. The first-order valence-electron chi connectivity index (χ1n) is 4.36. The van der Waals surface area contributed by atoms with Gasteiger partial charge in [-0.3, -0.25) is 4.79 Å². The quantitative estimate of drug-likeness (QED) is 0.672. The molecule has 1 aromatic heterocycles. The number of hydrogen-bond acceptors (Lipinski definition) is 4. The van der Waals surface area contributed by atoms with E-state index in [-0.39, 0.29) is 12.5 Å². The summed E-state index contributed by atoms with van der Waals surface area (Å²) in [5, 5.41) is 13.4. The zero-order valence-corrected chi connectivity index (χ0v) is 8.75. The Labute approximate surface area is 86.7 Å². The van der Waals surface area contributed by atoms with Crippen LogP contribution in [0.2, 0.25) is 0 Å². The first kappa shape index (κ1) is 11.2. The third-order valence-electron chi connectivity index (χ3n) is 1.70. The third-order valence-corrected chi connectivity index (χ3v) is 2.66. The van der Waals surface area contributed by atoms with Crippen LogP contribution < -0.4 is 11.1 Å². The number of carbonyl (C=O) groups is 1. The molecule has 0 aliphatic rings. The van der Waals surface area contributed by atoms with E-state index in [9.17, 15) is 4.79 Å². The molecule has 4 N–H and O–H groups in total. The standard InChI is InChI=1S/C9H14N2O2S/c1-6(12)5-11-9(13)8(10)7-3-2-4-14-7/h2-4,6,8,12H,5,10H2,1H3,(H,11,13)/t6-,8?/m1/s1. The van der Waals surface area contributed by atoms with Crippen molar-refractivity contribution in [2.24, 2.45) is 5.73 Å². The molecule has 0 bridgehead atoms. The van der Waals surface area contributed by atoms with Crippen LogP contribution in [0.4, 0.5) is 0 Å². The SMILES string of the molecule is C[C@@H](O)CNC(=O)C(N)c1cccs1. The average molecular weight is 214 g/mol. The van der Waals surface area contributed by atoms with Gasteiger partial charge in [0.1, 0.15) is 6.04 Å². The van der Waals surface area contributed by atoms with Crippen LogP contribution in [0.1, 0.15) is 17.8 Å². The van der Waals surface area contributed by atoms with Gasteiger partial charge in [0, 0.05) is 11.4 Å². The first-order chi connectivity index (χ1) is 6.61. The zero-order chi connectivity index (χ0) is 10.6. The molecule has 0 aliphatic carbocycles. The van der Waals surface area contributed by atoms with Crippen LogP contribution in [-0.2, 0) is 4.79 Å². The van der Waals surface area contributed by atoms with Gasteiger partial charge in [-0.05, 0) is 18.4 Å². The Morgan fingerprint density at radius 2 is 2.50 bits per heavy atom. The van der Waals surface area contributed by atoms with Crippen molar-refractivity contribution in [3.8, 4) is 0 Å². The van der Waals surface area contributed by atoms with Gasteiger partial charge in [0.2, 0.25) is 5.91 Å². The van der Waals surface area contributed by atoms with Crippen LogP contribution in [0.15, 0.2) is 17.5 Å². The lowest BCUT2D eigenvalue weighted by Gasteiger charge is -2.11. The van der Waals surface area contributed by atoms with Crippen molar-refractivity contribution >= 4 is 17.2 Å². The number of carbonyl (C=O) groups excluding carboxylic acids is 1. The van der Waals surface area contributed by atoms with Gasteiger partial charge < -0.3 is 16.2 Å². The predicted molar refractivity (Wildman–Crippen MR) is 55.9 cm³/mol. The van der Waals surface area contributed by atoms with Gasteiger partial charge in [-0.15, -0.1) is 11.3 Å². The molecule has 0 saturated carbocycles. The number of nitrogens with two attached hydrogens (primary N) is 1. The summed E-state index contributed by atoms with van der Waals surface area (Å²) in [5.41, 5.74) is 5.69. The minimum absolute atomic E-state index is 0.234. The van der Waals surface area contributed by atoms with Crippen LogP contribution in [0.3, 0.4) is 0 Å². The molecule has 5 heteroatoms. The summed E-state index contributed by atoms with van der Waals surface area (Å²) >= 11 is 1.45. The summed E-state index contributed by atoms with van der Waals surface area (Å²) in [7, 11) is 0. The molecule has 0 radical (unpaired) electrons. The van der Waals surface area contributed by atoms with E-state index in [0.717, 1.165) is 4.88 Å². The van der Waals surface area contributed by atoms with Crippen LogP contribution in [0.25, 0.3) is 0 Å². The van der Waals surface area contributed by atoms with Crippen molar-refractivity contribution in [1.29, 1.82) is 0 Å². The van der Waals surface area contributed by atoms with Crippen LogP contribution >= 0.6 is 11.3 Å². The average Bonchev–Trinajstić information content (AvgIpc) is 2.65. The summed E-state index contributed by atoms with van der Waals surface area (Å²) in [6.45, 7) is 1.84. The molecule has 14 heavy (non-hydrogen) atoms. The van der Waals surface area contributed by atoms with Gasteiger partial charge in [-0.1, -0.05) is 6.07 Å². The molecule has 1 heterocycles. The summed E-state index contributed by atoms with van der Waals surface area (Å²) in [6, 6.07) is 3.03. The first-order valence-corrected chi connectivity index (χ1v) is 5.24. The highest BCUT2D eigenvalue weighted by Crippen LogP contribution is 2.16. The second-order valence-corrected chi connectivity index (χ2v) is 4.07. The van der Waals surface area contributed by atoms with Gasteiger partial charge in [-0.25, -0.2) is 0 Å². The fourth-order valence-corrected chi connectivity index (χ4v) is 1.68. The zero-order valence-electron chi connectivity index (χ0n) is 7.93. The van der Waals surface area contributed by atoms with Gasteiger partial charge in [0.15, 0.2) is 0 Å². The van der Waals surface area contributed by atoms with Crippen LogP contribution in [-0.4, -0.2) is 23.7 Å². The highest BCUT2D eigenvalue weighted by molar-refractivity contribution is 7.10. The summed E-state index contributed by atoms with van der Waals surface area (Å²) < 4.78 is 0. The lowest BCUT2D eigenvalue weighted by Crippen LogP contribution is -2.37. The smallest absolute Gasteiger partial charge is 0.242 e. The molecular formula is C9H14N2O2S. The Hall–Kier alpha value is -0.910. The Kier molecular flexibility index (Phi) is 4.06. The fourth-order valence-electron chi connectivity index (χ4n) is 0.956. The van der Waals surface area contributed by atoms with Crippen molar-refractivity contribution in [3.63, 3.8) is 0 Å². The molecular weight excluding hydrogens is 200 g/mol. The van der Waals surface area contributed by atoms with Gasteiger partial charge in [0.25, 0.3) is 0 Å². The third kappa shape index (κ3) is 3.10. The number of aliphatic hydroxyl groups is 1. The van der Waals surface area contributed by atoms with Gasteiger partial charge >= 0.3 is 0 Å². The summed E-state index contributed by atoms with van der Waals surface area (Å²) in [5.74, 6) is -0.256. The summed E-state index contributed by atoms with van der Waals surface area (Å²) in [6.07, 6.45) is -0.547. The Morgan fingerprint density at radius 1 is 1.79 bits per heavy atom. The molecule has 1 rings (SSSR count). The molecule has 0 fully saturated rings. The molecule has 0 aliphatic heterocycles. The maximum atomic E-state index is 11.4. The number of nitrogens with one attached hydrogen (secondary N) is 1. The lowest BCUT2D eigenvalue weighted by atomic mass is 10.2. The van der Waals surface area contributed by atoms with E-state index in [4.69, 9.17) is 10.8 Å². The molecule has 1 unspecified atom stereocenters. The van der Waals surface area contributed by atoms with Crippen molar-refractivity contribution < 1.29 is 9.90 Å². The number of amides is 1. The topological polar surface area (TPSA) is 75.3 Å². The highest BCUT2D eigenvalue weighted by Gasteiger charge is 2.16. The van der Waals surface area contributed by atoms with Gasteiger partial charge in [-0.2, -0.15) is 0 Å². The molecule has 1 aromatic rings. The Morgan fingerprint density at radius 3 is 3.00 bits per heavy atom. The highest BCUT2D eigenvalue weighted by atomic mass is 32.1. The van der Waals surface area contributed by atoms with E-state index in [1.165, 1.54) is 11.3 Å². The van der Waals surface area contributed by atoms with E-state index in [2.05, 4.69) is 5.32 Å². The van der Waals surface area contributed by atoms with Crippen molar-refractivity contribution in [2.75, 3.05) is 6.54 Å². The largest absolute Gasteiger partial charge is 0.392 e. The molecule has 0 spiro atoms. The van der Waals surface area contributed by atoms with Crippen molar-refractivity contribution in [1.82, 2.24) is 5.32 Å². The maximum absolute atomic E-state index is 11.4. The minimum atomic E-state index is -0.631. The van der Waals surface area contributed by atoms with Crippen LogP contribution in [0.5, 0.6) is 0 Å². The van der Waals surface area contributed by atoms with E-state index in [1.807, 2.05) is 17.5 Å². The van der Waals surface area contributed by atoms with E-state index < -0.39 is 12.1 Å². The van der Waals surface area contributed by atoms with Crippen LogP contribution in [0, 0.1) is 0 Å².